The number of hydrogen-bond acceptors (Lipinski definition) is 3. The Hall–Kier alpha value is -3.41. The Kier molecular flexibility index (Phi) is 9.95. The molecule has 0 saturated heterocycles. The van der Waals surface area contributed by atoms with E-state index in [0.717, 1.165) is 0 Å². The van der Waals surface area contributed by atoms with E-state index >= 15 is 0 Å². The van der Waals surface area contributed by atoms with Gasteiger partial charge < -0.3 is 15.3 Å². The second-order valence-corrected chi connectivity index (χ2v) is 5.31. The summed E-state index contributed by atoms with van der Waals surface area (Å²) in [7, 11) is 0. The first-order valence-electron chi connectivity index (χ1n) is 7.58. The van der Waals surface area contributed by atoms with Crippen LogP contribution in [0.2, 0.25) is 0 Å². The maximum absolute atomic E-state index is 10.2. The third-order valence-corrected chi connectivity index (χ3v) is 3.41. The topological polar surface area (TPSA) is 112 Å². The van der Waals surface area contributed by atoms with Gasteiger partial charge in [0.25, 0.3) is 0 Å². The molecule has 0 atom stereocenters. The summed E-state index contributed by atoms with van der Waals surface area (Å²) in [5.41, 5.74) is 2.58. The van der Waals surface area contributed by atoms with Crippen LogP contribution in [0.3, 0.4) is 0 Å². The van der Waals surface area contributed by atoms with Gasteiger partial charge in [0, 0.05) is 17.1 Å². The van der Waals surface area contributed by atoms with Gasteiger partial charge in [-0.3, -0.25) is 0 Å². The molecular weight excluding hydrogens is 404 g/mol. The summed E-state index contributed by atoms with van der Waals surface area (Å²) in [5.74, 6) is -2.74. The fraction of sp³-hybridized carbons (Fsp3) is 0. The summed E-state index contributed by atoms with van der Waals surface area (Å²) in [5, 5.41) is 25.2. The third-order valence-electron chi connectivity index (χ3n) is 3.41. The van der Waals surface area contributed by atoms with Gasteiger partial charge >= 0.3 is 17.9 Å². The maximum atomic E-state index is 10.2. The molecule has 0 aromatic heterocycles. The molecule has 0 saturated carbocycles. The molecular formula is C21H18FeO6. The molecule has 7 heteroatoms. The smallest absolute Gasteiger partial charge is 0.336 e. The summed E-state index contributed by atoms with van der Waals surface area (Å²) in [4.78, 5) is 30.7. The van der Waals surface area contributed by atoms with Gasteiger partial charge in [-0.1, -0.05) is 56.2 Å². The molecule has 3 N–H and O–H groups in total. The molecule has 6 nitrogen and oxygen atoms in total. The zero-order valence-electron chi connectivity index (χ0n) is 14.7. The fourth-order valence-corrected chi connectivity index (χ4v) is 2.00. The zero-order valence-corrected chi connectivity index (χ0v) is 15.8. The van der Waals surface area contributed by atoms with Gasteiger partial charge in [0.2, 0.25) is 0 Å². The molecule has 0 spiro atoms. The van der Waals surface area contributed by atoms with Crippen LogP contribution in [0.1, 0.15) is 0 Å². The van der Waals surface area contributed by atoms with Crippen LogP contribution < -0.4 is 0 Å². The second-order valence-electron chi connectivity index (χ2n) is 5.31. The molecule has 3 rings (SSSR count). The zero-order chi connectivity index (χ0) is 20.6. The van der Waals surface area contributed by atoms with Crippen LogP contribution in [-0.4, -0.2) is 33.2 Å². The van der Waals surface area contributed by atoms with E-state index in [1.54, 1.807) is 36.5 Å². The van der Waals surface area contributed by atoms with E-state index in [2.05, 4.69) is 19.7 Å². The average Bonchev–Trinajstić information content (AvgIpc) is 3.29. The van der Waals surface area contributed by atoms with E-state index in [-0.39, 0.29) is 33.8 Å². The Balaban J connectivity index is 0.000000384. The molecule has 0 unspecified atom stereocenters. The van der Waals surface area contributed by atoms with E-state index in [4.69, 9.17) is 15.3 Å². The van der Waals surface area contributed by atoms with Crippen molar-refractivity contribution in [3.05, 3.63) is 108 Å². The Labute approximate surface area is 172 Å². The van der Waals surface area contributed by atoms with E-state index in [9.17, 15) is 14.4 Å². The van der Waals surface area contributed by atoms with Crippen molar-refractivity contribution in [3.8, 4) is 0 Å². The van der Waals surface area contributed by atoms with Gasteiger partial charge in [-0.2, -0.15) is 0 Å². The summed E-state index contributed by atoms with van der Waals surface area (Å²) >= 11 is 0. The number of rotatable bonds is 3. The fourth-order valence-electron chi connectivity index (χ4n) is 2.00. The first kappa shape index (κ1) is 24.6. The molecule has 0 radical (unpaired) electrons. The van der Waals surface area contributed by atoms with Crippen molar-refractivity contribution in [2.24, 2.45) is 0 Å². The summed E-state index contributed by atoms with van der Waals surface area (Å²) < 4.78 is 0. The van der Waals surface area contributed by atoms with E-state index in [0.29, 0.717) is 16.7 Å². The molecule has 0 bridgehead atoms. The minimum atomic E-state index is -0.912. The van der Waals surface area contributed by atoms with Crippen LogP contribution in [0.5, 0.6) is 0 Å². The Bertz CT molecular complexity index is 788. The Morgan fingerprint density at radius 1 is 0.571 bits per heavy atom. The predicted octanol–water partition coefficient (Wildman–Crippen LogP) is 3.37. The molecule has 3 aliphatic carbocycles. The third kappa shape index (κ3) is 7.07. The van der Waals surface area contributed by atoms with Crippen molar-refractivity contribution < 1.29 is 46.8 Å². The minimum absolute atomic E-state index is 0. The normalized spacial score (nSPS) is 15.4. The van der Waals surface area contributed by atoms with Crippen LogP contribution in [-0.2, 0) is 31.5 Å². The molecule has 0 aromatic carbocycles. The second kappa shape index (κ2) is 11.3. The summed E-state index contributed by atoms with van der Waals surface area (Å²) in [6, 6.07) is 0. The van der Waals surface area contributed by atoms with Gasteiger partial charge in [-0.05, 0) is 34.9 Å². The molecule has 0 aromatic rings. The van der Waals surface area contributed by atoms with Crippen molar-refractivity contribution in [1.29, 1.82) is 0 Å². The van der Waals surface area contributed by atoms with Crippen LogP contribution >= 0.6 is 0 Å². The standard InChI is InChI=1S/3C7H6O2.Fe/c3*1-5-3-2-4-6(5)7(8)9;/h3*2-4H,1H2,(H,8,9);. The molecule has 0 heterocycles. The van der Waals surface area contributed by atoms with Gasteiger partial charge in [0.15, 0.2) is 0 Å². The van der Waals surface area contributed by atoms with Gasteiger partial charge in [0.05, 0.1) is 16.7 Å². The number of aliphatic carboxylic acids is 3. The molecule has 146 valence electrons. The van der Waals surface area contributed by atoms with E-state index < -0.39 is 17.9 Å². The summed E-state index contributed by atoms with van der Waals surface area (Å²) in [6.45, 7) is 10.6. The predicted molar refractivity (Wildman–Crippen MR) is 102 cm³/mol. The average molecular weight is 422 g/mol. The molecule has 3 aliphatic rings. The van der Waals surface area contributed by atoms with Crippen LogP contribution in [0.15, 0.2) is 108 Å². The number of hydrogen-bond donors (Lipinski definition) is 3. The molecule has 0 amide bonds. The molecule has 0 fully saturated rings. The van der Waals surface area contributed by atoms with Crippen molar-refractivity contribution in [3.63, 3.8) is 0 Å². The Morgan fingerprint density at radius 2 is 0.786 bits per heavy atom. The van der Waals surface area contributed by atoms with Gasteiger partial charge in [0.1, 0.15) is 0 Å². The number of allylic oxidation sites excluding steroid dienone is 9. The first-order chi connectivity index (χ1) is 12.6. The molecule has 0 aliphatic heterocycles. The van der Waals surface area contributed by atoms with Gasteiger partial charge in [-0.15, -0.1) is 0 Å². The maximum Gasteiger partial charge on any atom is 0.336 e. The monoisotopic (exact) mass is 422 g/mol. The number of carboxylic acids is 3. The van der Waals surface area contributed by atoms with Crippen molar-refractivity contribution in [1.82, 2.24) is 0 Å². The largest absolute Gasteiger partial charge is 0.478 e. The van der Waals surface area contributed by atoms with Crippen LogP contribution in [0.4, 0.5) is 0 Å². The van der Waals surface area contributed by atoms with Crippen molar-refractivity contribution >= 4 is 17.9 Å². The van der Waals surface area contributed by atoms with Crippen molar-refractivity contribution in [2.75, 3.05) is 0 Å². The van der Waals surface area contributed by atoms with E-state index in [1.807, 2.05) is 0 Å². The first-order valence-corrected chi connectivity index (χ1v) is 7.58. The van der Waals surface area contributed by atoms with Crippen LogP contribution in [0.25, 0.3) is 0 Å². The SMILES string of the molecule is C=C1C=CC=C1C(=O)O.C=C1C=CC=C1C(=O)O.C=C1C=CC=C1C(=O)O.[Fe]. The summed E-state index contributed by atoms with van der Waals surface area (Å²) in [6.07, 6.45) is 14.6. The van der Waals surface area contributed by atoms with Crippen LogP contribution in [0, 0.1) is 0 Å². The minimum Gasteiger partial charge on any atom is -0.478 e. The number of carbonyl (C=O) groups is 3. The molecule has 28 heavy (non-hydrogen) atoms. The van der Waals surface area contributed by atoms with E-state index in [1.165, 1.54) is 18.2 Å². The Morgan fingerprint density at radius 3 is 0.857 bits per heavy atom. The van der Waals surface area contributed by atoms with Gasteiger partial charge in [-0.25, -0.2) is 14.4 Å². The van der Waals surface area contributed by atoms with Crippen molar-refractivity contribution in [2.45, 2.75) is 0 Å². The number of carboxylic acid groups (broad SMARTS) is 3. The quantitative estimate of drug-likeness (QED) is 0.602.